The first-order valence-corrected chi connectivity index (χ1v) is 7.38. The van der Waals surface area contributed by atoms with Crippen LogP contribution in [0.4, 0.5) is 0 Å². The number of aliphatic hydroxyl groups is 1. The highest BCUT2D eigenvalue weighted by atomic mass is 16.5. The Morgan fingerprint density at radius 1 is 0.913 bits per heavy atom. The van der Waals surface area contributed by atoms with Gasteiger partial charge in [0.15, 0.2) is 0 Å². The van der Waals surface area contributed by atoms with Crippen LogP contribution in [0, 0.1) is 0 Å². The van der Waals surface area contributed by atoms with Crippen molar-refractivity contribution in [2.24, 2.45) is 0 Å². The Balaban J connectivity index is 1.46. The van der Waals surface area contributed by atoms with Gasteiger partial charge >= 0.3 is 0 Å². The van der Waals surface area contributed by atoms with Gasteiger partial charge in [-0.1, -0.05) is 18.2 Å². The fraction of sp³-hybridized carbons (Fsp3) is 0.167. The predicted molar refractivity (Wildman–Crippen MR) is 87.0 cm³/mol. The summed E-state index contributed by atoms with van der Waals surface area (Å²) in [5, 5.41) is 9.91. The number of para-hydroxylation sites is 1. The van der Waals surface area contributed by atoms with Crippen molar-refractivity contribution in [3.63, 3.8) is 0 Å². The molecule has 2 aromatic carbocycles. The summed E-state index contributed by atoms with van der Waals surface area (Å²) in [6.45, 7) is 0.369. The molecule has 0 bridgehead atoms. The number of hydrogen-bond donors (Lipinski definition) is 1. The van der Waals surface area contributed by atoms with Gasteiger partial charge in [0, 0.05) is 18.1 Å². The molecule has 118 valence electrons. The summed E-state index contributed by atoms with van der Waals surface area (Å²) in [6, 6.07) is 17.0. The Kier molecular flexibility index (Phi) is 4.91. The van der Waals surface area contributed by atoms with Gasteiger partial charge in [0.1, 0.15) is 30.8 Å². The van der Waals surface area contributed by atoms with Crippen LogP contribution in [0.25, 0.3) is 5.69 Å². The van der Waals surface area contributed by atoms with Crippen LogP contribution in [0.1, 0.15) is 0 Å². The summed E-state index contributed by atoms with van der Waals surface area (Å²) >= 11 is 0. The van der Waals surface area contributed by atoms with Crippen molar-refractivity contribution in [2.75, 3.05) is 13.2 Å². The van der Waals surface area contributed by atoms with Gasteiger partial charge in [-0.25, -0.2) is 4.98 Å². The lowest BCUT2D eigenvalue weighted by Crippen LogP contribution is -2.25. The maximum Gasteiger partial charge on any atom is 0.122 e. The van der Waals surface area contributed by atoms with E-state index in [1.807, 2.05) is 65.4 Å². The second-order valence-electron chi connectivity index (χ2n) is 5.05. The molecule has 0 aliphatic heterocycles. The van der Waals surface area contributed by atoms with E-state index in [0.29, 0.717) is 5.75 Å². The molecule has 0 aliphatic carbocycles. The van der Waals surface area contributed by atoms with Crippen LogP contribution >= 0.6 is 0 Å². The third-order valence-electron chi connectivity index (χ3n) is 3.27. The number of imidazole rings is 1. The number of aliphatic hydroxyl groups excluding tert-OH is 1. The highest BCUT2D eigenvalue weighted by molar-refractivity contribution is 5.37. The number of rotatable bonds is 7. The van der Waals surface area contributed by atoms with E-state index in [9.17, 15) is 5.11 Å². The molecule has 5 heteroatoms. The predicted octanol–water partition coefficient (Wildman–Crippen LogP) is 2.69. The molecule has 0 unspecified atom stereocenters. The van der Waals surface area contributed by atoms with Gasteiger partial charge in [-0.15, -0.1) is 0 Å². The number of benzene rings is 2. The van der Waals surface area contributed by atoms with Crippen molar-refractivity contribution in [1.82, 2.24) is 9.55 Å². The first-order valence-electron chi connectivity index (χ1n) is 7.38. The van der Waals surface area contributed by atoms with Crippen LogP contribution in [-0.2, 0) is 0 Å². The molecule has 0 aliphatic rings. The highest BCUT2D eigenvalue weighted by Crippen LogP contribution is 2.15. The van der Waals surface area contributed by atoms with Gasteiger partial charge in [0.05, 0.1) is 6.33 Å². The zero-order valence-electron chi connectivity index (χ0n) is 12.6. The molecule has 1 N–H and O–H groups in total. The Morgan fingerprint density at radius 3 is 2.17 bits per heavy atom. The van der Waals surface area contributed by atoms with Gasteiger partial charge in [0.2, 0.25) is 0 Å². The Morgan fingerprint density at radius 2 is 1.57 bits per heavy atom. The molecular weight excluding hydrogens is 292 g/mol. The average molecular weight is 310 g/mol. The molecule has 1 atom stereocenters. The molecule has 0 fully saturated rings. The van der Waals surface area contributed by atoms with E-state index in [-0.39, 0.29) is 13.2 Å². The molecule has 3 aromatic rings. The van der Waals surface area contributed by atoms with E-state index in [0.717, 1.165) is 11.4 Å². The number of hydrogen-bond acceptors (Lipinski definition) is 4. The lowest BCUT2D eigenvalue weighted by molar-refractivity contribution is 0.0626. The minimum atomic E-state index is -0.691. The standard InChI is InChI=1S/C18H18N2O3/c21-16(12-22-17-4-2-1-3-5-17)13-23-18-8-6-15(7-9-18)20-11-10-19-14-20/h1-11,14,16,21H,12-13H2/t16-/m1/s1. The summed E-state index contributed by atoms with van der Waals surface area (Å²) in [4.78, 5) is 4.01. The first-order chi connectivity index (χ1) is 11.3. The normalized spacial score (nSPS) is 11.9. The summed E-state index contributed by atoms with van der Waals surface area (Å²) in [5.74, 6) is 1.43. The zero-order chi connectivity index (χ0) is 15.9. The van der Waals surface area contributed by atoms with E-state index in [1.54, 1.807) is 12.5 Å². The first kappa shape index (κ1) is 15.1. The van der Waals surface area contributed by atoms with Crippen molar-refractivity contribution in [3.05, 3.63) is 73.3 Å². The molecule has 0 amide bonds. The van der Waals surface area contributed by atoms with Gasteiger partial charge in [-0.2, -0.15) is 0 Å². The Hall–Kier alpha value is -2.79. The number of ether oxygens (including phenoxy) is 2. The topological polar surface area (TPSA) is 56.5 Å². The number of aromatic nitrogens is 2. The van der Waals surface area contributed by atoms with Crippen molar-refractivity contribution in [1.29, 1.82) is 0 Å². The van der Waals surface area contributed by atoms with Gasteiger partial charge in [-0.3, -0.25) is 0 Å². The second kappa shape index (κ2) is 7.47. The van der Waals surface area contributed by atoms with Crippen molar-refractivity contribution < 1.29 is 14.6 Å². The molecule has 0 saturated heterocycles. The lowest BCUT2D eigenvalue weighted by atomic mass is 10.3. The van der Waals surface area contributed by atoms with Gasteiger partial charge in [0.25, 0.3) is 0 Å². The van der Waals surface area contributed by atoms with Crippen molar-refractivity contribution in [2.45, 2.75) is 6.10 Å². The van der Waals surface area contributed by atoms with E-state index in [4.69, 9.17) is 9.47 Å². The Bertz CT molecular complexity index is 697. The third kappa shape index (κ3) is 4.34. The zero-order valence-corrected chi connectivity index (χ0v) is 12.6. The largest absolute Gasteiger partial charge is 0.491 e. The van der Waals surface area contributed by atoms with Crippen LogP contribution in [-0.4, -0.2) is 34.0 Å². The van der Waals surface area contributed by atoms with Gasteiger partial charge < -0.3 is 19.1 Å². The monoisotopic (exact) mass is 310 g/mol. The minimum Gasteiger partial charge on any atom is -0.491 e. The van der Waals surface area contributed by atoms with E-state index >= 15 is 0 Å². The SMILES string of the molecule is O[C@H](COc1ccccc1)COc1ccc(-n2ccnc2)cc1. The maximum atomic E-state index is 9.91. The van der Waals surface area contributed by atoms with E-state index in [2.05, 4.69) is 4.98 Å². The molecule has 0 saturated carbocycles. The van der Waals surface area contributed by atoms with Crippen LogP contribution in [0.5, 0.6) is 11.5 Å². The molecule has 0 radical (unpaired) electrons. The third-order valence-corrected chi connectivity index (χ3v) is 3.27. The van der Waals surface area contributed by atoms with Crippen LogP contribution in [0.2, 0.25) is 0 Å². The van der Waals surface area contributed by atoms with E-state index in [1.165, 1.54) is 0 Å². The summed E-state index contributed by atoms with van der Waals surface area (Å²) in [5.41, 5.74) is 1.00. The van der Waals surface area contributed by atoms with Crippen LogP contribution < -0.4 is 9.47 Å². The molecule has 5 nitrogen and oxygen atoms in total. The van der Waals surface area contributed by atoms with Crippen LogP contribution in [0.3, 0.4) is 0 Å². The smallest absolute Gasteiger partial charge is 0.122 e. The Labute approximate surface area is 134 Å². The van der Waals surface area contributed by atoms with Crippen molar-refractivity contribution >= 4 is 0 Å². The second-order valence-corrected chi connectivity index (χ2v) is 5.05. The van der Waals surface area contributed by atoms with Crippen molar-refractivity contribution in [3.8, 4) is 17.2 Å². The highest BCUT2D eigenvalue weighted by Gasteiger charge is 2.07. The fourth-order valence-corrected chi connectivity index (χ4v) is 2.08. The summed E-state index contributed by atoms with van der Waals surface area (Å²) < 4.78 is 13.0. The average Bonchev–Trinajstić information content (AvgIpc) is 3.14. The summed E-state index contributed by atoms with van der Waals surface area (Å²) in [6.07, 6.45) is 4.65. The van der Waals surface area contributed by atoms with Gasteiger partial charge in [-0.05, 0) is 36.4 Å². The minimum absolute atomic E-state index is 0.178. The molecule has 0 spiro atoms. The van der Waals surface area contributed by atoms with Crippen LogP contribution in [0.15, 0.2) is 73.3 Å². The molecule has 3 rings (SSSR count). The molecule has 23 heavy (non-hydrogen) atoms. The van der Waals surface area contributed by atoms with E-state index < -0.39 is 6.10 Å². The lowest BCUT2D eigenvalue weighted by Gasteiger charge is -2.14. The molecular formula is C18H18N2O3. The molecule has 1 aromatic heterocycles. The fourth-order valence-electron chi connectivity index (χ4n) is 2.08. The maximum absolute atomic E-state index is 9.91. The summed E-state index contributed by atoms with van der Waals surface area (Å²) in [7, 11) is 0. The number of nitrogens with zero attached hydrogens (tertiary/aromatic N) is 2. The quantitative estimate of drug-likeness (QED) is 0.729. The molecule has 1 heterocycles.